The molecule has 6 aromatic rings. The van der Waals surface area contributed by atoms with Crippen LogP contribution in [-0.4, -0.2) is 67.5 Å². The van der Waals surface area contributed by atoms with Gasteiger partial charge in [0.1, 0.15) is 34.9 Å². The maximum atomic E-state index is 16.2. The van der Waals surface area contributed by atoms with E-state index in [2.05, 4.69) is 24.9 Å². The number of hydrogen-bond donors (Lipinski definition) is 2. The third-order valence-electron chi connectivity index (χ3n) is 10.6. The van der Waals surface area contributed by atoms with Gasteiger partial charge in [0.15, 0.2) is 11.5 Å². The van der Waals surface area contributed by atoms with E-state index < -0.39 is 129 Å². The summed E-state index contributed by atoms with van der Waals surface area (Å²) < 4.78 is 164. The van der Waals surface area contributed by atoms with Crippen LogP contribution in [0.15, 0.2) is 47.3 Å². The summed E-state index contributed by atoms with van der Waals surface area (Å²) in [5.74, 6) is -13.5. The van der Waals surface area contributed by atoms with Gasteiger partial charge in [0.25, 0.3) is 17.9 Å². The lowest BCUT2D eigenvalue weighted by molar-refractivity contribution is -0.139. The molecule has 62 heavy (non-hydrogen) atoms. The van der Waals surface area contributed by atoms with E-state index in [9.17, 15) is 48.7 Å². The fourth-order valence-corrected chi connectivity index (χ4v) is 8.85. The fourth-order valence-electron chi connectivity index (χ4n) is 8.12. The molecule has 1 amide bonds. The van der Waals surface area contributed by atoms with E-state index in [-0.39, 0.29) is 44.8 Å². The van der Waals surface area contributed by atoms with Gasteiger partial charge in [-0.25, -0.2) is 35.6 Å². The van der Waals surface area contributed by atoms with Crippen LogP contribution in [0.2, 0.25) is 5.02 Å². The maximum absolute atomic E-state index is 16.2. The molecule has 1 fully saturated rings. The van der Waals surface area contributed by atoms with Crippen molar-refractivity contribution in [2.24, 2.45) is 18.7 Å². The van der Waals surface area contributed by atoms with Crippen molar-refractivity contribution >= 4 is 55.3 Å². The van der Waals surface area contributed by atoms with Crippen molar-refractivity contribution in [3.8, 4) is 11.6 Å². The zero-order valence-electron chi connectivity index (χ0n) is 31.7. The molecule has 2 aromatic carbocycles. The van der Waals surface area contributed by atoms with Gasteiger partial charge in [-0.15, -0.1) is 0 Å². The first-order valence-corrected chi connectivity index (χ1v) is 20.5. The number of pyridine rings is 1. The van der Waals surface area contributed by atoms with Crippen LogP contribution in [0, 0.1) is 17.6 Å². The SMILES string of the molecule is Cn1nc(NS(C)(=O)=O)c2c(Cl)ccc(-n3c([C@@H](Cc4cc(F)cc(F)c4)C(C(N)=O)n4nc(C(F)F)c5c4C(F)(F)[C@@H]4C[C@H]54)nc4nc(OCCC(F)(F)F)ccc4c3=O)c21. The Kier molecular flexibility index (Phi) is 10.3. The lowest BCUT2D eigenvalue weighted by Crippen LogP contribution is -2.39. The van der Waals surface area contributed by atoms with Crippen molar-refractivity contribution in [2.45, 2.75) is 55.7 Å². The number of amides is 1. The average molecular weight is 918 g/mol. The smallest absolute Gasteiger partial charge is 0.392 e. The molecule has 0 saturated heterocycles. The van der Waals surface area contributed by atoms with E-state index in [0.717, 1.165) is 39.8 Å². The second-order valence-corrected chi connectivity index (χ2v) is 17.0. The van der Waals surface area contributed by atoms with E-state index in [0.29, 0.717) is 10.7 Å². The van der Waals surface area contributed by atoms with Gasteiger partial charge in [0, 0.05) is 30.7 Å². The van der Waals surface area contributed by atoms with Gasteiger partial charge in [-0.2, -0.15) is 37.1 Å². The summed E-state index contributed by atoms with van der Waals surface area (Å²) in [6.45, 7) is -0.927. The van der Waals surface area contributed by atoms with Gasteiger partial charge in [0.05, 0.1) is 52.2 Å². The number of alkyl halides is 7. The third kappa shape index (κ3) is 7.55. The van der Waals surface area contributed by atoms with Gasteiger partial charge >= 0.3 is 6.18 Å². The van der Waals surface area contributed by atoms with Crippen molar-refractivity contribution in [3.63, 3.8) is 0 Å². The number of fused-ring (bicyclic) bond motifs is 5. The lowest BCUT2D eigenvalue weighted by atomic mass is 9.89. The Balaban J connectivity index is 1.46. The highest BCUT2D eigenvalue weighted by Crippen LogP contribution is 2.68. The molecule has 8 rings (SSSR count). The Bertz CT molecular complexity index is 2990. The average Bonchev–Trinajstić information content (AvgIpc) is 3.68. The number of rotatable bonds is 13. The Hall–Kier alpha value is -5.91. The number of nitrogens with one attached hydrogen (secondary N) is 1. The second-order valence-electron chi connectivity index (χ2n) is 14.9. The summed E-state index contributed by atoms with van der Waals surface area (Å²) in [5, 5.41) is 7.45. The predicted octanol–water partition coefficient (Wildman–Crippen LogP) is 6.70. The molecule has 0 spiro atoms. The Morgan fingerprint density at radius 2 is 1.77 bits per heavy atom. The van der Waals surface area contributed by atoms with Crippen LogP contribution >= 0.6 is 11.6 Å². The molecular weight excluding hydrogens is 889 g/mol. The Labute approximate surface area is 347 Å². The molecule has 3 N–H and O–H groups in total. The molecular formula is C37H29ClF9N9O5S. The van der Waals surface area contributed by atoms with Gasteiger partial charge in [-0.05, 0) is 54.7 Å². The van der Waals surface area contributed by atoms with E-state index in [1.807, 2.05) is 0 Å². The Morgan fingerprint density at radius 1 is 1.08 bits per heavy atom. The van der Waals surface area contributed by atoms with E-state index in [4.69, 9.17) is 22.1 Å². The molecule has 0 bridgehead atoms. The highest BCUT2D eigenvalue weighted by molar-refractivity contribution is 7.92. The van der Waals surface area contributed by atoms with Crippen LogP contribution in [0.25, 0.3) is 27.6 Å². The van der Waals surface area contributed by atoms with Crippen molar-refractivity contribution in [2.75, 3.05) is 17.6 Å². The van der Waals surface area contributed by atoms with Crippen molar-refractivity contribution in [3.05, 3.63) is 97.8 Å². The number of anilines is 1. The summed E-state index contributed by atoms with van der Waals surface area (Å²) in [5.41, 5.74) is 1.06. The van der Waals surface area contributed by atoms with Crippen LogP contribution in [0.1, 0.15) is 65.5 Å². The quantitative estimate of drug-likeness (QED) is 0.119. The Morgan fingerprint density at radius 3 is 2.40 bits per heavy atom. The number of sulfonamides is 1. The van der Waals surface area contributed by atoms with Crippen molar-refractivity contribution < 1.29 is 57.5 Å². The number of carbonyl (C=O) groups is 1. The van der Waals surface area contributed by atoms with Crippen LogP contribution in [0.4, 0.5) is 45.3 Å². The zero-order valence-corrected chi connectivity index (χ0v) is 33.3. The molecule has 0 aliphatic heterocycles. The number of nitrogens with zero attached hydrogens (tertiary/aromatic N) is 7. The summed E-state index contributed by atoms with van der Waals surface area (Å²) in [6, 6.07) is 4.38. The first kappa shape index (κ1) is 42.8. The molecule has 4 atom stereocenters. The van der Waals surface area contributed by atoms with Crippen LogP contribution in [0.3, 0.4) is 0 Å². The minimum Gasteiger partial charge on any atom is -0.477 e. The van der Waals surface area contributed by atoms with Gasteiger partial charge in [0.2, 0.25) is 21.8 Å². The minimum atomic E-state index is -4.63. The number of halogens is 10. The first-order chi connectivity index (χ1) is 28.9. The van der Waals surface area contributed by atoms with Crippen LogP contribution < -0.4 is 20.8 Å². The number of hydrogen-bond acceptors (Lipinski definition) is 9. The highest BCUT2D eigenvalue weighted by Gasteiger charge is 2.68. The molecule has 2 aliphatic carbocycles. The monoisotopic (exact) mass is 917 g/mol. The summed E-state index contributed by atoms with van der Waals surface area (Å²) >= 11 is 6.56. The van der Waals surface area contributed by atoms with Crippen molar-refractivity contribution in [1.82, 2.24) is 34.1 Å². The number of aromatic nitrogens is 7. The second kappa shape index (κ2) is 14.9. The van der Waals surface area contributed by atoms with Gasteiger partial charge < -0.3 is 10.5 Å². The number of carbonyl (C=O) groups excluding carboxylic acids is 1. The summed E-state index contributed by atoms with van der Waals surface area (Å²) in [4.78, 5) is 37.4. The van der Waals surface area contributed by atoms with Gasteiger partial charge in [-0.1, -0.05) is 11.6 Å². The number of ether oxygens (including phenoxy) is 1. The molecule has 14 nitrogen and oxygen atoms in total. The molecule has 25 heteroatoms. The minimum absolute atomic E-state index is 0.0917. The number of benzene rings is 2. The topological polar surface area (TPSA) is 182 Å². The highest BCUT2D eigenvalue weighted by atomic mass is 35.5. The molecule has 2 aliphatic rings. The third-order valence-corrected chi connectivity index (χ3v) is 11.5. The lowest BCUT2D eigenvalue weighted by Gasteiger charge is -2.30. The molecule has 1 saturated carbocycles. The van der Waals surface area contributed by atoms with Gasteiger partial charge in [-0.3, -0.25) is 23.6 Å². The first-order valence-electron chi connectivity index (χ1n) is 18.2. The predicted molar refractivity (Wildman–Crippen MR) is 202 cm³/mol. The largest absolute Gasteiger partial charge is 0.477 e. The summed E-state index contributed by atoms with van der Waals surface area (Å²) in [7, 11) is -2.70. The molecule has 328 valence electrons. The van der Waals surface area contributed by atoms with Crippen LogP contribution in [0.5, 0.6) is 5.88 Å². The standard InChI is InChI=1S/C37H29ClF9N9O5S/c1-54-28-22(5-4-21(38)25(28)33(52-54)53-62(2,59)60)55-34(50-32-17(35(55)58)3-6-23(49-32)61-8-7-36(43,44)45)19(11-14-9-15(39)12-16(40)10-14)27(31(48)57)56-29-24(26(51-56)30(41)42)18-13-20(18)37(29,46)47/h3-6,9-10,12,18-20,27,30H,7-8,11,13H2,1-2H3,(H2,48,57)(H,52,53)/t18-,19-,20+,27?/m0/s1. The van der Waals surface area contributed by atoms with E-state index in [1.54, 1.807) is 0 Å². The maximum Gasteiger partial charge on any atom is 0.392 e. The normalized spacial score (nSPS) is 18.0. The number of nitrogens with two attached hydrogens (primary N) is 1. The van der Waals surface area contributed by atoms with E-state index in [1.165, 1.54) is 19.2 Å². The van der Waals surface area contributed by atoms with E-state index >= 15 is 8.78 Å². The van der Waals surface area contributed by atoms with Crippen molar-refractivity contribution in [1.29, 1.82) is 0 Å². The summed E-state index contributed by atoms with van der Waals surface area (Å²) in [6.07, 6.45) is -9.63. The molecule has 4 aromatic heterocycles. The molecule has 0 radical (unpaired) electrons. The molecule has 1 unspecified atom stereocenters. The zero-order chi connectivity index (χ0) is 45.0. The van der Waals surface area contributed by atoms with Crippen LogP contribution in [-0.2, 0) is 34.2 Å². The number of primary amides is 1. The fraction of sp³-hybridized carbons (Fsp3) is 0.351. The molecule has 4 heterocycles. The number of aryl methyl sites for hydroxylation is 1.